The average Bonchev–Trinajstić information content (AvgIpc) is 3.60. The van der Waals surface area contributed by atoms with Crippen LogP contribution in [0, 0.1) is 40.4 Å². The first-order valence-electron chi connectivity index (χ1n) is 16.8. The van der Waals surface area contributed by atoms with Crippen molar-refractivity contribution in [3.8, 4) is 0 Å². The molecule has 2 heterocycles. The van der Waals surface area contributed by atoms with Gasteiger partial charge < -0.3 is 28.4 Å². The van der Waals surface area contributed by atoms with Crippen molar-refractivity contribution in [1.29, 1.82) is 0 Å². The molecule has 1 saturated heterocycles. The molecule has 11 heteroatoms. The van der Waals surface area contributed by atoms with Crippen LogP contribution >= 0.6 is 0 Å². The van der Waals surface area contributed by atoms with Crippen LogP contribution in [0.25, 0.3) is 0 Å². The molecule has 6 aliphatic rings. The van der Waals surface area contributed by atoms with E-state index in [0.717, 1.165) is 37.7 Å². The summed E-state index contributed by atoms with van der Waals surface area (Å²) in [6, 6.07) is 0. The molecule has 254 valence electrons. The monoisotopic (exact) mass is 644 g/mol. The van der Waals surface area contributed by atoms with E-state index < -0.39 is 47.1 Å². The van der Waals surface area contributed by atoms with Gasteiger partial charge in [0.25, 0.3) is 0 Å². The van der Waals surface area contributed by atoms with E-state index in [1.165, 1.54) is 27.9 Å². The van der Waals surface area contributed by atoms with Gasteiger partial charge in [0.15, 0.2) is 11.7 Å². The molecule has 0 bridgehead atoms. The number of rotatable bonds is 8. The molecule has 0 aromatic rings. The number of Topliss-reactive ketones (excluding diaryl/α,β-unsaturated/α-hetero) is 1. The van der Waals surface area contributed by atoms with Gasteiger partial charge in [-0.3, -0.25) is 19.2 Å². The van der Waals surface area contributed by atoms with Crippen molar-refractivity contribution in [2.45, 2.75) is 117 Å². The molecule has 1 spiro atoms. The Labute approximate surface area is 270 Å². The number of carbonyl (C=O) groups is 5. The van der Waals surface area contributed by atoms with Gasteiger partial charge in [0.1, 0.15) is 36.6 Å². The largest absolute Gasteiger partial charge is 0.465 e. The second-order valence-electron chi connectivity index (χ2n) is 15.0. The van der Waals surface area contributed by atoms with E-state index in [1.807, 2.05) is 6.92 Å². The zero-order valence-corrected chi connectivity index (χ0v) is 28.1. The van der Waals surface area contributed by atoms with Crippen LogP contribution in [0.2, 0.25) is 0 Å². The van der Waals surface area contributed by atoms with Gasteiger partial charge in [-0.2, -0.15) is 0 Å². The number of ketones is 1. The molecule has 4 saturated carbocycles. The zero-order chi connectivity index (χ0) is 33.3. The maximum atomic E-state index is 14.4. The SMILES string of the molecule is CO[C@H]1CC(=O)[C@]2(COC(C)=O)[C@H]3CC[C@]4(C)[C@@H]([C@H](C)[C@H]5CC(C)=C(COC(C)=O)C(=O)O5)CC[C@H]4[C@@H]3C[C@H]3O[C@]32[C@H]1OC(C)=O. The average molecular weight is 645 g/mol. The first-order valence-corrected chi connectivity index (χ1v) is 16.8. The molecule has 2 aliphatic heterocycles. The van der Waals surface area contributed by atoms with E-state index in [-0.39, 0.29) is 60.8 Å². The van der Waals surface area contributed by atoms with Crippen molar-refractivity contribution >= 4 is 29.7 Å². The summed E-state index contributed by atoms with van der Waals surface area (Å²) in [5.74, 6) is -1.10. The number of hydrogen-bond donors (Lipinski definition) is 0. The highest BCUT2D eigenvalue weighted by Crippen LogP contribution is 2.74. The minimum Gasteiger partial charge on any atom is -0.465 e. The third kappa shape index (κ3) is 4.85. The quantitative estimate of drug-likeness (QED) is 0.216. The molecule has 0 unspecified atom stereocenters. The van der Waals surface area contributed by atoms with Gasteiger partial charge in [-0.15, -0.1) is 0 Å². The third-order valence-corrected chi connectivity index (χ3v) is 13.0. The molecule has 0 aromatic heterocycles. The number of fused-ring (bicyclic) bond motifs is 4. The maximum absolute atomic E-state index is 14.4. The van der Waals surface area contributed by atoms with Crippen LogP contribution in [-0.2, 0) is 52.4 Å². The summed E-state index contributed by atoms with van der Waals surface area (Å²) in [6.45, 7) is 10.3. The molecular formula is C35H48O11. The number of methoxy groups -OCH3 is 1. The molecule has 5 fully saturated rings. The Morgan fingerprint density at radius 1 is 0.978 bits per heavy atom. The second kappa shape index (κ2) is 11.7. The lowest BCUT2D eigenvalue weighted by Crippen LogP contribution is -2.71. The number of esters is 4. The first kappa shape index (κ1) is 33.1. The third-order valence-electron chi connectivity index (χ3n) is 13.0. The van der Waals surface area contributed by atoms with E-state index in [1.54, 1.807) is 0 Å². The summed E-state index contributed by atoms with van der Waals surface area (Å²) in [4.78, 5) is 63.3. The van der Waals surface area contributed by atoms with Crippen LogP contribution < -0.4 is 0 Å². The van der Waals surface area contributed by atoms with Gasteiger partial charge in [0.2, 0.25) is 0 Å². The van der Waals surface area contributed by atoms with Crippen LogP contribution in [0.4, 0.5) is 0 Å². The molecule has 0 radical (unpaired) electrons. The molecule has 0 aromatic carbocycles. The van der Waals surface area contributed by atoms with Crippen LogP contribution in [0.15, 0.2) is 11.1 Å². The van der Waals surface area contributed by atoms with Gasteiger partial charge in [-0.25, -0.2) is 4.79 Å². The highest BCUT2D eigenvalue weighted by Gasteiger charge is 2.85. The highest BCUT2D eigenvalue weighted by atomic mass is 16.7. The Morgan fingerprint density at radius 3 is 2.33 bits per heavy atom. The fourth-order valence-electron chi connectivity index (χ4n) is 11.0. The van der Waals surface area contributed by atoms with Crippen molar-refractivity contribution < 1.29 is 52.4 Å². The van der Waals surface area contributed by atoms with Gasteiger partial charge >= 0.3 is 23.9 Å². The second-order valence-corrected chi connectivity index (χ2v) is 15.0. The minimum absolute atomic E-state index is 0.0475. The number of hydrogen-bond acceptors (Lipinski definition) is 11. The highest BCUT2D eigenvalue weighted by molar-refractivity contribution is 5.91. The van der Waals surface area contributed by atoms with E-state index in [4.69, 9.17) is 28.4 Å². The van der Waals surface area contributed by atoms with Crippen LogP contribution in [0.1, 0.15) is 86.5 Å². The number of epoxide rings is 1. The van der Waals surface area contributed by atoms with Crippen LogP contribution in [0.3, 0.4) is 0 Å². The van der Waals surface area contributed by atoms with Crippen molar-refractivity contribution in [3.05, 3.63) is 11.1 Å². The molecule has 46 heavy (non-hydrogen) atoms. The smallest absolute Gasteiger partial charge is 0.337 e. The maximum Gasteiger partial charge on any atom is 0.337 e. The summed E-state index contributed by atoms with van der Waals surface area (Å²) in [5, 5.41) is 0. The Hall–Kier alpha value is -2.79. The Bertz CT molecular complexity index is 1350. The normalized spacial score (nSPS) is 43.3. The van der Waals surface area contributed by atoms with Gasteiger partial charge in [-0.05, 0) is 74.0 Å². The van der Waals surface area contributed by atoms with E-state index in [2.05, 4.69) is 13.8 Å². The predicted molar refractivity (Wildman–Crippen MR) is 161 cm³/mol. The summed E-state index contributed by atoms with van der Waals surface area (Å²) in [7, 11) is 1.51. The zero-order valence-electron chi connectivity index (χ0n) is 28.1. The lowest BCUT2D eigenvalue weighted by atomic mass is 9.43. The summed E-state index contributed by atoms with van der Waals surface area (Å²) in [6.07, 6.45) is 2.93. The van der Waals surface area contributed by atoms with E-state index in [0.29, 0.717) is 23.8 Å². The predicted octanol–water partition coefficient (Wildman–Crippen LogP) is 3.89. The first-order chi connectivity index (χ1) is 21.7. The molecule has 11 nitrogen and oxygen atoms in total. The summed E-state index contributed by atoms with van der Waals surface area (Å²) in [5.41, 5.74) is -0.961. The molecule has 0 amide bonds. The topological polar surface area (TPSA) is 144 Å². The number of carbonyl (C=O) groups excluding carboxylic acids is 5. The Morgan fingerprint density at radius 2 is 1.70 bits per heavy atom. The summed E-state index contributed by atoms with van der Waals surface area (Å²) >= 11 is 0. The standard InChI is InChI=1S/C35H48O11/c1-17-12-27(45-32(40)23(17)15-42-19(3)36)18(2)24-8-9-25-22-13-30-35(46-30)31(44-21(5)38)28(41-7)14-29(39)34(35,16-43-20(4)37)26(22)10-11-33(24,25)6/h18,22,24-28,30-31H,8-16H2,1-7H3/t18-,22-,24+,25-,26-,27+,28-,30+,31-,33+,34-,35-/m0/s1. The molecule has 6 rings (SSSR count). The van der Waals surface area contributed by atoms with E-state index in [9.17, 15) is 24.0 Å². The van der Waals surface area contributed by atoms with Crippen LogP contribution in [-0.4, -0.2) is 80.0 Å². The molecule has 12 atom stereocenters. The Balaban J connectivity index is 1.28. The fraction of sp³-hybridized carbons (Fsp3) is 0.800. The number of cyclic esters (lactones) is 1. The van der Waals surface area contributed by atoms with Gasteiger partial charge in [0, 0.05) is 40.7 Å². The van der Waals surface area contributed by atoms with Crippen LogP contribution in [0.5, 0.6) is 0 Å². The van der Waals surface area contributed by atoms with Crippen molar-refractivity contribution in [2.24, 2.45) is 40.4 Å². The summed E-state index contributed by atoms with van der Waals surface area (Å²) < 4.78 is 35.0. The van der Waals surface area contributed by atoms with Crippen molar-refractivity contribution in [2.75, 3.05) is 20.3 Å². The van der Waals surface area contributed by atoms with E-state index >= 15 is 0 Å². The fourth-order valence-corrected chi connectivity index (χ4v) is 11.0. The minimum atomic E-state index is -1.13. The van der Waals surface area contributed by atoms with Crippen molar-refractivity contribution in [3.63, 3.8) is 0 Å². The molecule has 0 N–H and O–H groups in total. The Kier molecular flexibility index (Phi) is 8.44. The van der Waals surface area contributed by atoms with Gasteiger partial charge in [-0.1, -0.05) is 19.4 Å². The van der Waals surface area contributed by atoms with Gasteiger partial charge in [0.05, 0.1) is 11.7 Å². The van der Waals surface area contributed by atoms with Crippen molar-refractivity contribution in [1.82, 2.24) is 0 Å². The lowest BCUT2D eigenvalue weighted by molar-refractivity contribution is -0.210. The molecule has 4 aliphatic carbocycles. The molecular weight excluding hydrogens is 596 g/mol. The lowest BCUT2D eigenvalue weighted by Gasteiger charge is -2.60. The number of ether oxygens (including phenoxy) is 6.